The van der Waals surface area contributed by atoms with Gasteiger partial charge in [0.25, 0.3) is 0 Å². The minimum absolute atomic E-state index is 0.453. The Hall–Kier alpha value is -1.39. The van der Waals surface area contributed by atoms with Crippen LogP contribution in [-0.4, -0.2) is 17.1 Å². The van der Waals surface area contributed by atoms with E-state index in [9.17, 15) is 5.11 Å². The van der Waals surface area contributed by atoms with E-state index in [0.29, 0.717) is 0 Å². The average Bonchev–Trinajstić information content (AvgIpc) is 2.75. The molecule has 0 unspecified atom stereocenters. The molecule has 0 aliphatic carbocycles. The normalized spacial score (nSPS) is 12.4. The highest BCUT2D eigenvalue weighted by molar-refractivity contribution is 7.09. The Balaban J connectivity index is 2.24. The van der Waals surface area contributed by atoms with Gasteiger partial charge in [0.15, 0.2) is 0 Å². The fourth-order valence-electron chi connectivity index (χ4n) is 1.97. The van der Waals surface area contributed by atoms with E-state index in [4.69, 9.17) is 0 Å². The largest absolute Gasteiger partial charge is 0.389 e. The number of aliphatic hydroxyl groups is 1. The smallest absolute Gasteiger partial charge is 0.0798 e. The van der Waals surface area contributed by atoms with E-state index < -0.39 is 6.10 Å². The SMILES string of the molecule is Cc1ncsc1CN(C)c1ccccc1[C@@H](C)O. The Morgan fingerprint density at radius 3 is 2.72 bits per heavy atom. The van der Waals surface area contributed by atoms with Crippen molar-refractivity contribution in [3.63, 3.8) is 0 Å². The standard InChI is InChI=1S/C14H18N2OS/c1-10-14(18-9-15-10)8-16(3)13-7-5-4-6-12(13)11(2)17/h4-7,9,11,17H,8H2,1-3H3/t11-/m1/s1. The van der Waals surface area contributed by atoms with Crippen LogP contribution in [0, 0.1) is 6.92 Å². The van der Waals surface area contributed by atoms with Gasteiger partial charge in [-0.15, -0.1) is 11.3 Å². The predicted octanol–water partition coefficient (Wildman–Crippen LogP) is 3.14. The number of aliphatic hydroxyl groups excluding tert-OH is 1. The Morgan fingerprint density at radius 2 is 2.11 bits per heavy atom. The molecule has 1 atom stereocenters. The maximum atomic E-state index is 9.80. The zero-order chi connectivity index (χ0) is 13.1. The van der Waals surface area contributed by atoms with Gasteiger partial charge in [-0.05, 0) is 19.9 Å². The van der Waals surface area contributed by atoms with Crippen molar-refractivity contribution in [1.29, 1.82) is 0 Å². The number of benzene rings is 1. The average molecular weight is 262 g/mol. The number of aromatic nitrogens is 1. The van der Waals surface area contributed by atoms with Crippen molar-refractivity contribution in [2.75, 3.05) is 11.9 Å². The molecule has 4 heteroatoms. The third-order valence-electron chi connectivity index (χ3n) is 3.02. The molecule has 1 heterocycles. The van der Waals surface area contributed by atoms with Crippen molar-refractivity contribution in [2.24, 2.45) is 0 Å². The summed E-state index contributed by atoms with van der Waals surface area (Å²) in [5.74, 6) is 0. The van der Waals surface area contributed by atoms with Crippen LogP contribution in [-0.2, 0) is 6.54 Å². The summed E-state index contributed by atoms with van der Waals surface area (Å²) in [6, 6.07) is 7.96. The van der Waals surface area contributed by atoms with Gasteiger partial charge in [-0.25, -0.2) is 4.98 Å². The van der Waals surface area contributed by atoms with Gasteiger partial charge >= 0.3 is 0 Å². The van der Waals surface area contributed by atoms with Gasteiger partial charge < -0.3 is 10.0 Å². The summed E-state index contributed by atoms with van der Waals surface area (Å²) in [6.07, 6.45) is -0.453. The van der Waals surface area contributed by atoms with Crippen LogP contribution in [0.5, 0.6) is 0 Å². The van der Waals surface area contributed by atoms with E-state index in [2.05, 4.69) is 9.88 Å². The molecule has 0 saturated heterocycles. The van der Waals surface area contributed by atoms with Crippen molar-refractivity contribution in [3.05, 3.63) is 45.9 Å². The topological polar surface area (TPSA) is 36.4 Å². The lowest BCUT2D eigenvalue weighted by Gasteiger charge is -2.23. The highest BCUT2D eigenvalue weighted by Crippen LogP contribution is 2.27. The zero-order valence-corrected chi connectivity index (χ0v) is 11.7. The number of thiazole rings is 1. The number of para-hydroxylation sites is 1. The Kier molecular flexibility index (Phi) is 3.99. The van der Waals surface area contributed by atoms with Crippen molar-refractivity contribution in [2.45, 2.75) is 26.5 Å². The lowest BCUT2D eigenvalue weighted by Crippen LogP contribution is -2.18. The first kappa shape index (κ1) is 13.1. The Labute approximate surface area is 112 Å². The van der Waals surface area contributed by atoms with Crippen LogP contribution in [0.2, 0.25) is 0 Å². The summed E-state index contributed by atoms with van der Waals surface area (Å²) in [4.78, 5) is 7.68. The Bertz CT molecular complexity index is 522. The summed E-state index contributed by atoms with van der Waals surface area (Å²) in [6.45, 7) is 4.64. The number of anilines is 1. The van der Waals surface area contributed by atoms with E-state index in [1.807, 2.05) is 43.7 Å². The number of rotatable bonds is 4. The van der Waals surface area contributed by atoms with Crippen molar-refractivity contribution < 1.29 is 5.11 Å². The monoisotopic (exact) mass is 262 g/mol. The maximum absolute atomic E-state index is 9.80. The van der Waals surface area contributed by atoms with E-state index in [0.717, 1.165) is 23.5 Å². The van der Waals surface area contributed by atoms with Crippen LogP contribution in [0.15, 0.2) is 29.8 Å². The van der Waals surface area contributed by atoms with Crippen molar-refractivity contribution in [3.8, 4) is 0 Å². The van der Waals surface area contributed by atoms with E-state index >= 15 is 0 Å². The van der Waals surface area contributed by atoms with Crippen LogP contribution < -0.4 is 4.90 Å². The first-order valence-corrected chi connectivity index (χ1v) is 6.84. The minimum atomic E-state index is -0.453. The lowest BCUT2D eigenvalue weighted by atomic mass is 10.1. The summed E-state index contributed by atoms with van der Waals surface area (Å²) in [7, 11) is 2.04. The Morgan fingerprint density at radius 1 is 1.39 bits per heavy atom. The van der Waals surface area contributed by atoms with Crippen LogP contribution in [0.3, 0.4) is 0 Å². The third kappa shape index (κ3) is 2.71. The highest BCUT2D eigenvalue weighted by atomic mass is 32.1. The molecule has 0 fully saturated rings. The molecule has 0 radical (unpaired) electrons. The second kappa shape index (κ2) is 5.50. The first-order valence-electron chi connectivity index (χ1n) is 5.96. The molecule has 3 nitrogen and oxygen atoms in total. The molecule has 0 amide bonds. The maximum Gasteiger partial charge on any atom is 0.0798 e. The van der Waals surface area contributed by atoms with Gasteiger partial charge in [0.2, 0.25) is 0 Å². The minimum Gasteiger partial charge on any atom is -0.389 e. The second-order valence-electron chi connectivity index (χ2n) is 4.45. The van der Waals surface area contributed by atoms with Crippen LogP contribution in [0.4, 0.5) is 5.69 Å². The number of aryl methyl sites for hydroxylation is 1. The molecular weight excluding hydrogens is 244 g/mol. The molecule has 0 aliphatic heterocycles. The molecule has 0 aliphatic rings. The summed E-state index contributed by atoms with van der Waals surface area (Å²) >= 11 is 1.67. The van der Waals surface area contributed by atoms with Crippen LogP contribution in [0.25, 0.3) is 0 Å². The van der Waals surface area contributed by atoms with Gasteiger partial charge in [0, 0.05) is 23.2 Å². The van der Waals surface area contributed by atoms with E-state index in [1.54, 1.807) is 18.3 Å². The fourth-order valence-corrected chi connectivity index (χ4v) is 2.80. The number of nitrogens with zero attached hydrogens (tertiary/aromatic N) is 2. The van der Waals surface area contributed by atoms with Crippen LogP contribution in [0.1, 0.15) is 29.2 Å². The highest BCUT2D eigenvalue weighted by Gasteiger charge is 2.12. The lowest BCUT2D eigenvalue weighted by molar-refractivity contribution is 0.199. The van der Waals surface area contributed by atoms with Gasteiger partial charge in [-0.1, -0.05) is 18.2 Å². The molecule has 0 spiro atoms. The van der Waals surface area contributed by atoms with Crippen molar-refractivity contribution in [1.82, 2.24) is 4.98 Å². The van der Waals surface area contributed by atoms with E-state index in [1.165, 1.54) is 4.88 Å². The summed E-state index contributed by atoms with van der Waals surface area (Å²) < 4.78 is 0. The summed E-state index contributed by atoms with van der Waals surface area (Å²) in [5, 5.41) is 9.80. The molecule has 2 aromatic rings. The van der Waals surface area contributed by atoms with Gasteiger partial charge in [0.1, 0.15) is 0 Å². The molecule has 1 N–H and O–H groups in total. The molecule has 1 aromatic heterocycles. The van der Waals surface area contributed by atoms with Crippen molar-refractivity contribution >= 4 is 17.0 Å². The number of hydrogen-bond acceptors (Lipinski definition) is 4. The molecular formula is C14H18N2OS. The van der Waals surface area contributed by atoms with Gasteiger partial charge in [-0.2, -0.15) is 0 Å². The molecule has 18 heavy (non-hydrogen) atoms. The molecule has 0 bridgehead atoms. The molecule has 1 aromatic carbocycles. The third-order valence-corrected chi connectivity index (χ3v) is 3.94. The molecule has 0 saturated carbocycles. The summed E-state index contributed by atoms with van der Waals surface area (Å²) in [5.41, 5.74) is 4.99. The predicted molar refractivity (Wildman–Crippen MR) is 76.0 cm³/mol. The zero-order valence-electron chi connectivity index (χ0n) is 10.9. The van der Waals surface area contributed by atoms with Crippen LogP contribution >= 0.6 is 11.3 Å². The van der Waals surface area contributed by atoms with E-state index in [-0.39, 0.29) is 0 Å². The molecule has 2 rings (SSSR count). The van der Waals surface area contributed by atoms with Gasteiger partial charge in [-0.3, -0.25) is 0 Å². The van der Waals surface area contributed by atoms with Gasteiger partial charge in [0.05, 0.1) is 23.9 Å². The molecule has 96 valence electrons. The quantitative estimate of drug-likeness (QED) is 0.919. The fraction of sp³-hybridized carbons (Fsp3) is 0.357. The second-order valence-corrected chi connectivity index (χ2v) is 5.39. The number of hydrogen-bond donors (Lipinski definition) is 1. The first-order chi connectivity index (χ1) is 8.59.